The Hall–Kier alpha value is -2.56. The van der Waals surface area contributed by atoms with E-state index in [0.29, 0.717) is 24.5 Å². The number of allylic oxidation sites excluding steroid dienone is 1. The predicted octanol–water partition coefficient (Wildman–Crippen LogP) is 2.96. The number of para-hydroxylation sites is 1. The van der Waals surface area contributed by atoms with Gasteiger partial charge in [0.1, 0.15) is 0 Å². The SMILES string of the molecule is CCn1cc(C(=O)/C=C\c2cccc3c2OCCCO3)cn1. The number of carbonyl (C=O) groups excluding carboxylic acids is 1. The van der Waals surface area contributed by atoms with E-state index in [0.717, 1.165) is 24.3 Å². The van der Waals surface area contributed by atoms with E-state index in [1.807, 2.05) is 25.1 Å². The zero-order chi connectivity index (χ0) is 15.4. The Morgan fingerprint density at radius 1 is 1.36 bits per heavy atom. The van der Waals surface area contributed by atoms with Crippen LogP contribution in [0.15, 0.2) is 36.7 Å². The molecule has 0 atom stereocenters. The van der Waals surface area contributed by atoms with Gasteiger partial charge in [-0.1, -0.05) is 12.1 Å². The second-order valence-corrected chi connectivity index (χ2v) is 5.01. The van der Waals surface area contributed by atoms with Crippen LogP contribution in [0.25, 0.3) is 6.08 Å². The van der Waals surface area contributed by atoms with Gasteiger partial charge in [-0.15, -0.1) is 0 Å². The van der Waals surface area contributed by atoms with Crippen LogP contribution in [0.1, 0.15) is 29.3 Å². The number of benzene rings is 1. The number of nitrogens with zero attached hydrogens (tertiary/aromatic N) is 2. The maximum Gasteiger partial charge on any atom is 0.189 e. The third-order valence-corrected chi connectivity index (χ3v) is 3.46. The third-order valence-electron chi connectivity index (χ3n) is 3.46. The fourth-order valence-electron chi connectivity index (χ4n) is 2.27. The maximum atomic E-state index is 12.2. The van der Waals surface area contributed by atoms with Crippen molar-refractivity contribution in [2.24, 2.45) is 0 Å². The predicted molar refractivity (Wildman–Crippen MR) is 83.3 cm³/mol. The van der Waals surface area contributed by atoms with Gasteiger partial charge < -0.3 is 9.47 Å². The number of rotatable bonds is 4. The molecule has 0 spiro atoms. The van der Waals surface area contributed by atoms with Crippen molar-refractivity contribution in [1.29, 1.82) is 0 Å². The van der Waals surface area contributed by atoms with Gasteiger partial charge in [0, 0.05) is 24.7 Å². The van der Waals surface area contributed by atoms with Gasteiger partial charge in [-0.2, -0.15) is 5.10 Å². The molecule has 0 aliphatic carbocycles. The Morgan fingerprint density at radius 2 is 2.23 bits per heavy atom. The minimum atomic E-state index is -0.0770. The minimum Gasteiger partial charge on any atom is -0.490 e. The number of hydrogen-bond acceptors (Lipinski definition) is 4. The second-order valence-electron chi connectivity index (χ2n) is 5.01. The summed E-state index contributed by atoms with van der Waals surface area (Å²) in [5.41, 5.74) is 1.42. The molecule has 5 heteroatoms. The van der Waals surface area contributed by atoms with Crippen molar-refractivity contribution >= 4 is 11.9 Å². The van der Waals surface area contributed by atoms with Crippen molar-refractivity contribution in [3.05, 3.63) is 47.8 Å². The van der Waals surface area contributed by atoms with Crippen LogP contribution in [0.4, 0.5) is 0 Å². The largest absolute Gasteiger partial charge is 0.490 e. The topological polar surface area (TPSA) is 53.4 Å². The smallest absolute Gasteiger partial charge is 0.189 e. The Labute approximate surface area is 129 Å². The van der Waals surface area contributed by atoms with Gasteiger partial charge in [0.15, 0.2) is 17.3 Å². The first-order valence-corrected chi connectivity index (χ1v) is 7.41. The number of hydrogen-bond donors (Lipinski definition) is 0. The summed E-state index contributed by atoms with van der Waals surface area (Å²) in [6.07, 6.45) is 7.49. The molecule has 0 N–H and O–H groups in total. The number of carbonyl (C=O) groups is 1. The molecule has 0 bridgehead atoms. The molecular formula is C17H18N2O3. The second kappa shape index (κ2) is 6.47. The lowest BCUT2D eigenvalue weighted by Crippen LogP contribution is -1.98. The van der Waals surface area contributed by atoms with E-state index < -0.39 is 0 Å². The first-order valence-electron chi connectivity index (χ1n) is 7.41. The quantitative estimate of drug-likeness (QED) is 0.643. The van der Waals surface area contributed by atoms with Crippen LogP contribution in [-0.4, -0.2) is 28.8 Å². The summed E-state index contributed by atoms with van der Waals surface area (Å²) in [5, 5.41) is 4.11. The Bertz CT molecular complexity index is 704. The third kappa shape index (κ3) is 3.03. The lowest BCUT2D eigenvalue weighted by molar-refractivity contribution is 0.104. The zero-order valence-electron chi connectivity index (χ0n) is 12.5. The van der Waals surface area contributed by atoms with Gasteiger partial charge in [-0.25, -0.2) is 0 Å². The molecule has 0 saturated carbocycles. The van der Waals surface area contributed by atoms with Gasteiger partial charge in [-0.05, 0) is 25.1 Å². The molecule has 2 aromatic rings. The van der Waals surface area contributed by atoms with Crippen molar-refractivity contribution < 1.29 is 14.3 Å². The zero-order valence-corrected chi connectivity index (χ0v) is 12.5. The van der Waals surface area contributed by atoms with Crippen molar-refractivity contribution in [2.75, 3.05) is 13.2 Å². The molecule has 0 unspecified atom stereocenters. The summed E-state index contributed by atoms with van der Waals surface area (Å²) < 4.78 is 13.1. The summed E-state index contributed by atoms with van der Waals surface area (Å²) in [6, 6.07) is 5.69. The van der Waals surface area contributed by atoms with Crippen LogP contribution in [0.3, 0.4) is 0 Å². The number of aryl methyl sites for hydroxylation is 1. The number of aromatic nitrogens is 2. The van der Waals surface area contributed by atoms with Crippen molar-refractivity contribution in [3.8, 4) is 11.5 Å². The number of fused-ring (bicyclic) bond motifs is 1. The van der Waals surface area contributed by atoms with E-state index >= 15 is 0 Å². The Morgan fingerprint density at radius 3 is 3.05 bits per heavy atom. The molecule has 0 radical (unpaired) electrons. The lowest BCUT2D eigenvalue weighted by atomic mass is 10.1. The van der Waals surface area contributed by atoms with Crippen LogP contribution in [0.2, 0.25) is 0 Å². The molecule has 2 heterocycles. The average Bonchev–Trinajstić information content (AvgIpc) is 2.90. The van der Waals surface area contributed by atoms with Crippen LogP contribution >= 0.6 is 0 Å². The van der Waals surface area contributed by atoms with Gasteiger partial charge in [0.05, 0.1) is 25.0 Å². The molecule has 1 aromatic carbocycles. The first kappa shape index (κ1) is 14.4. The molecule has 114 valence electrons. The standard InChI is InChI=1S/C17H18N2O3/c1-2-19-12-14(11-18-19)15(20)8-7-13-5-3-6-16-17(13)22-10-4-9-21-16/h3,5-8,11-12H,2,4,9-10H2,1H3/b8-7-. The van der Waals surface area contributed by atoms with E-state index in [2.05, 4.69) is 5.10 Å². The van der Waals surface area contributed by atoms with E-state index in [9.17, 15) is 4.79 Å². The molecule has 0 amide bonds. The highest BCUT2D eigenvalue weighted by Gasteiger charge is 2.13. The van der Waals surface area contributed by atoms with E-state index in [1.165, 1.54) is 0 Å². The Kier molecular flexibility index (Phi) is 4.23. The fraction of sp³-hybridized carbons (Fsp3) is 0.294. The monoisotopic (exact) mass is 298 g/mol. The average molecular weight is 298 g/mol. The van der Waals surface area contributed by atoms with Crippen LogP contribution in [0.5, 0.6) is 11.5 Å². The minimum absolute atomic E-state index is 0.0770. The highest BCUT2D eigenvalue weighted by molar-refractivity contribution is 6.06. The van der Waals surface area contributed by atoms with E-state index in [4.69, 9.17) is 9.47 Å². The fourth-order valence-corrected chi connectivity index (χ4v) is 2.27. The summed E-state index contributed by atoms with van der Waals surface area (Å²) in [7, 11) is 0. The maximum absolute atomic E-state index is 12.2. The lowest BCUT2D eigenvalue weighted by Gasteiger charge is -2.09. The molecule has 3 rings (SSSR count). The molecule has 22 heavy (non-hydrogen) atoms. The van der Waals surface area contributed by atoms with Crippen molar-refractivity contribution in [1.82, 2.24) is 9.78 Å². The summed E-state index contributed by atoms with van der Waals surface area (Å²) in [6.45, 7) is 3.99. The molecule has 0 saturated heterocycles. The summed E-state index contributed by atoms with van der Waals surface area (Å²) in [5.74, 6) is 1.35. The van der Waals surface area contributed by atoms with Gasteiger partial charge in [-0.3, -0.25) is 9.48 Å². The number of ether oxygens (including phenoxy) is 2. The highest BCUT2D eigenvalue weighted by atomic mass is 16.5. The van der Waals surface area contributed by atoms with Gasteiger partial charge >= 0.3 is 0 Å². The van der Waals surface area contributed by atoms with Crippen LogP contribution in [0, 0.1) is 0 Å². The Balaban J connectivity index is 1.82. The molecular weight excluding hydrogens is 280 g/mol. The molecule has 1 aliphatic rings. The van der Waals surface area contributed by atoms with Crippen LogP contribution < -0.4 is 9.47 Å². The first-order chi connectivity index (χ1) is 10.8. The van der Waals surface area contributed by atoms with Crippen molar-refractivity contribution in [3.63, 3.8) is 0 Å². The molecule has 1 aliphatic heterocycles. The molecule has 0 fully saturated rings. The van der Waals surface area contributed by atoms with Crippen molar-refractivity contribution in [2.45, 2.75) is 19.9 Å². The molecule has 5 nitrogen and oxygen atoms in total. The number of ketones is 1. The normalized spacial score (nSPS) is 14.0. The summed E-state index contributed by atoms with van der Waals surface area (Å²) in [4.78, 5) is 12.2. The van der Waals surface area contributed by atoms with Gasteiger partial charge in [0.2, 0.25) is 0 Å². The van der Waals surface area contributed by atoms with E-state index in [1.54, 1.807) is 29.2 Å². The highest BCUT2D eigenvalue weighted by Crippen LogP contribution is 2.33. The van der Waals surface area contributed by atoms with Gasteiger partial charge in [0.25, 0.3) is 0 Å². The van der Waals surface area contributed by atoms with Crippen LogP contribution in [-0.2, 0) is 6.54 Å². The summed E-state index contributed by atoms with van der Waals surface area (Å²) >= 11 is 0. The van der Waals surface area contributed by atoms with E-state index in [-0.39, 0.29) is 5.78 Å². The molecule has 1 aromatic heterocycles.